The number of rotatable bonds is 6. The molecule has 6 heteroatoms. The van der Waals surface area contributed by atoms with Crippen molar-refractivity contribution in [2.45, 2.75) is 20.0 Å². The normalized spacial score (nSPS) is 11.7. The van der Waals surface area contributed by atoms with E-state index < -0.39 is 13.5 Å². The van der Waals surface area contributed by atoms with Crippen LogP contribution in [0.15, 0.2) is 18.2 Å². The molecule has 0 fully saturated rings. The van der Waals surface area contributed by atoms with Crippen LogP contribution in [-0.4, -0.2) is 18.2 Å². The molecule has 0 N–H and O–H groups in total. The molecule has 0 aliphatic heterocycles. The molecule has 4 nitrogen and oxygen atoms in total. The second kappa shape index (κ2) is 6.09. The van der Waals surface area contributed by atoms with Crippen LogP contribution in [0.1, 0.15) is 19.5 Å². The van der Waals surface area contributed by atoms with Crippen molar-refractivity contribution in [1.82, 2.24) is 4.98 Å². The maximum atomic E-state index is 12.8. The first-order valence-electron chi connectivity index (χ1n) is 5.09. The lowest BCUT2D eigenvalue weighted by Gasteiger charge is -2.16. The molecule has 0 bridgehead atoms. The largest absolute Gasteiger partial charge is 0.336 e. The third kappa shape index (κ3) is 4.00. The van der Waals surface area contributed by atoms with Crippen molar-refractivity contribution in [3.8, 4) is 0 Å². The average Bonchev–Trinajstić information content (AvgIpc) is 2.17. The topological polar surface area (TPSA) is 48.4 Å². The average molecular weight is 247 g/mol. The fourth-order valence-electron chi connectivity index (χ4n) is 1.26. The van der Waals surface area contributed by atoms with Crippen LogP contribution in [0.2, 0.25) is 0 Å². The van der Waals surface area contributed by atoms with Crippen LogP contribution < -0.4 is 0 Å². The molecule has 0 aliphatic rings. The Balaban J connectivity index is 2.79. The second-order valence-electron chi connectivity index (χ2n) is 3.06. The molecule has 1 aromatic heterocycles. The molecule has 1 heterocycles. The van der Waals surface area contributed by atoms with Crippen LogP contribution in [0, 0.1) is 5.95 Å². The highest BCUT2D eigenvalue weighted by molar-refractivity contribution is 7.53. The van der Waals surface area contributed by atoms with E-state index in [0.717, 1.165) is 0 Å². The van der Waals surface area contributed by atoms with Gasteiger partial charge in [0.25, 0.3) is 0 Å². The SMILES string of the molecule is CCOP(=O)(Cc1cccc(F)n1)OCC. The fourth-order valence-corrected chi connectivity index (χ4v) is 2.88. The third-order valence-corrected chi connectivity index (χ3v) is 3.79. The van der Waals surface area contributed by atoms with Gasteiger partial charge >= 0.3 is 7.60 Å². The van der Waals surface area contributed by atoms with E-state index in [0.29, 0.717) is 5.69 Å². The molecular weight excluding hydrogens is 232 g/mol. The van der Waals surface area contributed by atoms with Gasteiger partial charge in [0.15, 0.2) is 0 Å². The molecule has 0 unspecified atom stereocenters. The van der Waals surface area contributed by atoms with Gasteiger partial charge in [0, 0.05) is 0 Å². The zero-order valence-corrected chi connectivity index (χ0v) is 10.2. The monoisotopic (exact) mass is 247 g/mol. The molecule has 0 atom stereocenters. The maximum absolute atomic E-state index is 12.8. The summed E-state index contributed by atoms with van der Waals surface area (Å²) in [5, 5.41) is 0. The second-order valence-corrected chi connectivity index (χ2v) is 5.11. The van der Waals surface area contributed by atoms with Crippen molar-refractivity contribution in [2.24, 2.45) is 0 Å². The highest BCUT2D eigenvalue weighted by Gasteiger charge is 2.24. The molecular formula is C10H15FNO3P. The highest BCUT2D eigenvalue weighted by atomic mass is 31.2. The molecule has 0 aromatic carbocycles. The maximum Gasteiger partial charge on any atom is 0.336 e. The minimum Gasteiger partial charge on any atom is -0.309 e. The van der Waals surface area contributed by atoms with Crippen LogP contribution in [-0.2, 0) is 19.8 Å². The van der Waals surface area contributed by atoms with Gasteiger partial charge in [-0.25, -0.2) is 4.98 Å². The van der Waals surface area contributed by atoms with Gasteiger partial charge in [-0.15, -0.1) is 0 Å². The predicted octanol–water partition coefficient (Wildman–Crippen LogP) is 2.99. The van der Waals surface area contributed by atoms with E-state index in [4.69, 9.17) is 9.05 Å². The Bertz CT molecular complexity index is 376. The molecule has 0 aliphatic carbocycles. The summed E-state index contributed by atoms with van der Waals surface area (Å²) < 4.78 is 35.1. The van der Waals surface area contributed by atoms with Crippen molar-refractivity contribution < 1.29 is 18.0 Å². The Morgan fingerprint density at radius 3 is 2.44 bits per heavy atom. The molecule has 0 spiro atoms. The van der Waals surface area contributed by atoms with Crippen molar-refractivity contribution in [3.63, 3.8) is 0 Å². The van der Waals surface area contributed by atoms with Gasteiger partial charge in [-0.3, -0.25) is 4.57 Å². The summed E-state index contributed by atoms with van der Waals surface area (Å²) in [5.41, 5.74) is 0.366. The molecule has 0 saturated carbocycles. The smallest absolute Gasteiger partial charge is 0.309 e. The van der Waals surface area contributed by atoms with Crippen molar-refractivity contribution in [3.05, 3.63) is 29.8 Å². The van der Waals surface area contributed by atoms with Gasteiger partial charge in [-0.1, -0.05) is 6.07 Å². The zero-order chi connectivity index (χ0) is 12.0. The summed E-state index contributed by atoms with van der Waals surface area (Å²) in [7, 11) is -3.19. The van der Waals surface area contributed by atoms with Crippen molar-refractivity contribution in [1.29, 1.82) is 0 Å². The third-order valence-electron chi connectivity index (χ3n) is 1.78. The lowest BCUT2D eigenvalue weighted by atomic mass is 10.4. The molecule has 0 radical (unpaired) electrons. The molecule has 0 amide bonds. The van der Waals surface area contributed by atoms with Crippen LogP contribution >= 0.6 is 7.60 Å². The minimum atomic E-state index is -3.19. The van der Waals surface area contributed by atoms with Gasteiger partial charge in [0.05, 0.1) is 25.1 Å². The Hall–Kier alpha value is -0.770. The molecule has 16 heavy (non-hydrogen) atoms. The van der Waals surface area contributed by atoms with Crippen molar-refractivity contribution in [2.75, 3.05) is 13.2 Å². The summed E-state index contributed by atoms with van der Waals surface area (Å²) in [6.07, 6.45) is -0.00750. The number of aromatic nitrogens is 1. The van der Waals surface area contributed by atoms with E-state index >= 15 is 0 Å². The first-order valence-corrected chi connectivity index (χ1v) is 6.82. The van der Waals surface area contributed by atoms with Gasteiger partial charge in [0.2, 0.25) is 5.95 Å². The van der Waals surface area contributed by atoms with E-state index in [1.165, 1.54) is 12.1 Å². The zero-order valence-electron chi connectivity index (χ0n) is 9.35. The highest BCUT2D eigenvalue weighted by Crippen LogP contribution is 2.50. The van der Waals surface area contributed by atoms with Gasteiger partial charge < -0.3 is 9.05 Å². The van der Waals surface area contributed by atoms with Crippen LogP contribution in [0.25, 0.3) is 0 Å². The van der Waals surface area contributed by atoms with E-state index in [2.05, 4.69) is 4.98 Å². The summed E-state index contributed by atoms with van der Waals surface area (Å²) in [4.78, 5) is 3.62. The standard InChI is InChI=1S/C10H15FNO3P/c1-3-14-16(13,15-4-2)8-9-6-5-7-10(11)12-9/h5-7H,3-4,8H2,1-2H3. The molecule has 90 valence electrons. The van der Waals surface area contributed by atoms with E-state index in [1.54, 1.807) is 19.9 Å². The first kappa shape index (κ1) is 13.3. The number of halogens is 1. The van der Waals surface area contributed by atoms with E-state index in [9.17, 15) is 8.96 Å². The van der Waals surface area contributed by atoms with Gasteiger partial charge in [-0.05, 0) is 26.0 Å². The van der Waals surface area contributed by atoms with Gasteiger partial charge in [-0.2, -0.15) is 4.39 Å². The number of nitrogens with zero attached hydrogens (tertiary/aromatic N) is 1. The lowest BCUT2D eigenvalue weighted by Crippen LogP contribution is -2.01. The van der Waals surface area contributed by atoms with Crippen LogP contribution in [0.3, 0.4) is 0 Å². The van der Waals surface area contributed by atoms with Gasteiger partial charge in [0.1, 0.15) is 0 Å². The van der Waals surface area contributed by atoms with E-state index in [1.807, 2.05) is 0 Å². The predicted molar refractivity (Wildman–Crippen MR) is 58.8 cm³/mol. The molecule has 1 rings (SSSR count). The molecule has 1 aromatic rings. The summed E-state index contributed by atoms with van der Waals surface area (Å²) in [6, 6.07) is 4.34. The number of hydrogen-bond donors (Lipinski definition) is 0. The quantitative estimate of drug-likeness (QED) is 0.572. The number of pyridine rings is 1. The summed E-state index contributed by atoms with van der Waals surface area (Å²) in [5.74, 6) is -0.600. The Kier molecular flexibility index (Phi) is 5.06. The minimum absolute atomic E-state index is 0.00750. The summed E-state index contributed by atoms with van der Waals surface area (Å²) in [6.45, 7) is 4.02. The molecule has 0 saturated heterocycles. The van der Waals surface area contributed by atoms with Crippen LogP contribution in [0.5, 0.6) is 0 Å². The Labute approximate surface area is 94.3 Å². The Morgan fingerprint density at radius 2 is 1.94 bits per heavy atom. The van der Waals surface area contributed by atoms with E-state index in [-0.39, 0.29) is 19.4 Å². The van der Waals surface area contributed by atoms with Crippen molar-refractivity contribution >= 4 is 7.60 Å². The number of hydrogen-bond acceptors (Lipinski definition) is 4. The Morgan fingerprint density at radius 1 is 1.31 bits per heavy atom. The fraction of sp³-hybridized carbons (Fsp3) is 0.500. The van der Waals surface area contributed by atoms with Crippen LogP contribution in [0.4, 0.5) is 4.39 Å². The first-order chi connectivity index (χ1) is 7.59. The summed E-state index contributed by atoms with van der Waals surface area (Å²) >= 11 is 0. The lowest BCUT2D eigenvalue weighted by molar-refractivity contribution is 0.219.